The van der Waals surface area contributed by atoms with Gasteiger partial charge in [-0.2, -0.15) is 4.98 Å². The van der Waals surface area contributed by atoms with Crippen molar-refractivity contribution >= 4 is 43.9 Å². The van der Waals surface area contributed by atoms with Crippen molar-refractivity contribution in [1.82, 2.24) is 19.9 Å². The molecule has 0 spiro atoms. The summed E-state index contributed by atoms with van der Waals surface area (Å²) in [4.78, 5) is 31.6. The number of anilines is 1. The van der Waals surface area contributed by atoms with Crippen molar-refractivity contribution in [1.29, 1.82) is 0 Å². The Morgan fingerprint density at radius 1 is 1.24 bits per heavy atom. The number of fused-ring (bicyclic) bond motifs is 1. The molecule has 0 bridgehead atoms. The number of ether oxygens (including phenoxy) is 2. The number of pyridine rings is 1. The van der Waals surface area contributed by atoms with Crippen LogP contribution < -0.4 is 10.1 Å². The van der Waals surface area contributed by atoms with Gasteiger partial charge >= 0.3 is 0 Å². The van der Waals surface area contributed by atoms with Crippen molar-refractivity contribution in [3.63, 3.8) is 0 Å². The van der Waals surface area contributed by atoms with Crippen LogP contribution in [-0.2, 0) is 11.3 Å². The molecule has 148 valence electrons. The summed E-state index contributed by atoms with van der Waals surface area (Å²) in [6, 6.07) is 3.77. The van der Waals surface area contributed by atoms with Crippen LogP contribution in [0.3, 0.4) is 0 Å². The Kier molecular flexibility index (Phi) is 5.47. The summed E-state index contributed by atoms with van der Waals surface area (Å²) in [6.45, 7) is 2.12. The van der Waals surface area contributed by atoms with Crippen molar-refractivity contribution < 1.29 is 14.3 Å². The second-order valence-corrected chi connectivity index (χ2v) is 7.91. The summed E-state index contributed by atoms with van der Waals surface area (Å²) >= 11 is 2.65. The normalized spacial score (nSPS) is 11.0. The van der Waals surface area contributed by atoms with E-state index in [2.05, 4.69) is 25.3 Å². The third-order valence-corrected chi connectivity index (χ3v) is 6.10. The van der Waals surface area contributed by atoms with Gasteiger partial charge in [-0.15, -0.1) is 22.7 Å². The van der Waals surface area contributed by atoms with Gasteiger partial charge < -0.3 is 9.47 Å². The van der Waals surface area contributed by atoms with Crippen LogP contribution in [0.25, 0.3) is 21.5 Å². The molecule has 4 aromatic heterocycles. The van der Waals surface area contributed by atoms with E-state index in [9.17, 15) is 4.79 Å². The molecule has 0 aliphatic rings. The van der Waals surface area contributed by atoms with Crippen LogP contribution in [0.4, 0.5) is 5.13 Å². The van der Waals surface area contributed by atoms with Gasteiger partial charge in [-0.1, -0.05) is 0 Å². The Labute approximate surface area is 174 Å². The minimum absolute atomic E-state index is 0.243. The molecule has 8 nitrogen and oxygen atoms in total. The average Bonchev–Trinajstić information content (AvgIpc) is 3.33. The molecule has 4 rings (SSSR count). The van der Waals surface area contributed by atoms with E-state index in [1.165, 1.54) is 22.7 Å². The van der Waals surface area contributed by atoms with E-state index in [1.807, 2.05) is 24.4 Å². The maximum absolute atomic E-state index is 12.9. The SMILES string of the molecule is COCc1nc(OC)c2c(C)c(C(=O)Nc3nc(-c4cccnc4)cs3)sc2n1. The third kappa shape index (κ3) is 3.82. The molecule has 0 radical (unpaired) electrons. The number of thiazole rings is 1. The molecule has 0 unspecified atom stereocenters. The lowest BCUT2D eigenvalue weighted by Crippen LogP contribution is -2.11. The first-order valence-electron chi connectivity index (χ1n) is 8.61. The van der Waals surface area contributed by atoms with Crippen LogP contribution in [0, 0.1) is 6.92 Å². The largest absolute Gasteiger partial charge is 0.480 e. The zero-order valence-electron chi connectivity index (χ0n) is 15.9. The highest BCUT2D eigenvalue weighted by atomic mass is 32.1. The number of rotatable bonds is 6. The zero-order chi connectivity index (χ0) is 20.4. The second-order valence-electron chi connectivity index (χ2n) is 6.05. The molecule has 1 N–H and O–H groups in total. The highest BCUT2D eigenvalue weighted by Crippen LogP contribution is 2.35. The molecule has 10 heteroatoms. The summed E-state index contributed by atoms with van der Waals surface area (Å²) in [7, 11) is 3.12. The van der Waals surface area contributed by atoms with Crippen molar-refractivity contribution in [2.45, 2.75) is 13.5 Å². The Morgan fingerprint density at radius 3 is 2.83 bits per heavy atom. The van der Waals surface area contributed by atoms with E-state index >= 15 is 0 Å². The molecule has 0 atom stereocenters. The first kappa shape index (κ1) is 19.4. The summed E-state index contributed by atoms with van der Waals surface area (Å²) in [5.41, 5.74) is 2.43. The molecule has 0 aliphatic carbocycles. The molecule has 4 heterocycles. The number of carbonyl (C=O) groups excluding carboxylic acids is 1. The Morgan fingerprint density at radius 2 is 2.10 bits per heavy atom. The molecule has 29 heavy (non-hydrogen) atoms. The smallest absolute Gasteiger partial charge is 0.267 e. The molecule has 0 aliphatic heterocycles. The predicted molar refractivity (Wildman–Crippen MR) is 113 cm³/mol. The number of nitrogens with one attached hydrogen (secondary N) is 1. The minimum atomic E-state index is -0.243. The number of nitrogens with zero attached hydrogens (tertiary/aromatic N) is 4. The second kappa shape index (κ2) is 8.19. The van der Waals surface area contributed by atoms with Gasteiger partial charge in [0.2, 0.25) is 5.88 Å². The molecular weight excluding hydrogens is 410 g/mol. The van der Waals surface area contributed by atoms with Crippen LogP contribution in [0.1, 0.15) is 21.1 Å². The lowest BCUT2D eigenvalue weighted by atomic mass is 10.2. The van der Waals surface area contributed by atoms with Gasteiger partial charge in [0.15, 0.2) is 11.0 Å². The van der Waals surface area contributed by atoms with E-state index in [-0.39, 0.29) is 12.5 Å². The first-order chi connectivity index (χ1) is 14.1. The fourth-order valence-corrected chi connectivity index (χ4v) is 4.63. The monoisotopic (exact) mass is 427 g/mol. The fourth-order valence-electron chi connectivity index (χ4n) is 2.83. The van der Waals surface area contributed by atoms with Gasteiger partial charge in [-0.25, -0.2) is 9.97 Å². The molecule has 0 saturated heterocycles. The van der Waals surface area contributed by atoms with Gasteiger partial charge in [0.25, 0.3) is 5.91 Å². The number of methoxy groups -OCH3 is 2. The molecular formula is C19H17N5O3S2. The van der Waals surface area contributed by atoms with E-state index < -0.39 is 0 Å². The maximum atomic E-state index is 12.9. The first-order valence-corrected chi connectivity index (χ1v) is 10.3. The molecule has 0 aromatic carbocycles. The lowest BCUT2D eigenvalue weighted by Gasteiger charge is -2.05. The number of aromatic nitrogens is 4. The van der Waals surface area contributed by atoms with Gasteiger partial charge in [-0.05, 0) is 24.6 Å². The van der Waals surface area contributed by atoms with Crippen LogP contribution in [0.15, 0.2) is 29.9 Å². The summed E-state index contributed by atoms with van der Waals surface area (Å²) < 4.78 is 10.5. The number of aryl methyl sites for hydroxylation is 1. The van der Waals surface area contributed by atoms with Crippen LogP contribution in [0.2, 0.25) is 0 Å². The Hall–Kier alpha value is -2.95. The molecule has 1 amide bonds. The van der Waals surface area contributed by atoms with Crippen molar-refractivity contribution in [2.24, 2.45) is 0 Å². The number of amides is 1. The van der Waals surface area contributed by atoms with E-state index in [4.69, 9.17) is 9.47 Å². The highest BCUT2D eigenvalue weighted by molar-refractivity contribution is 7.21. The van der Waals surface area contributed by atoms with E-state index in [0.717, 1.165) is 22.2 Å². The van der Waals surface area contributed by atoms with Crippen molar-refractivity contribution in [3.05, 3.63) is 46.2 Å². The molecule has 4 aromatic rings. The summed E-state index contributed by atoms with van der Waals surface area (Å²) in [5.74, 6) is 0.696. The lowest BCUT2D eigenvalue weighted by molar-refractivity contribution is 0.103. The number of hydrogen-bond donors (Lipinski definition) is 1. The standard InChI is InChI=1S/C19H17N5O3S2/c1-10-14-17(27-3)22-13(8-26-2)23-18(14)29-15(10)16(25)24-19-21-12(9-28-19)11-5-4-6-20-7-11/h4-7,9H,8H2,1-3H3,(H,21,24,25). The summed E-state index contributed by atoms with van der Waals surface area (Å²) in [5, 5.41) is 6.01. The number of thiophene rings is 1. The van der Waals surface area contributed by atoms with Crippen molar-refractivity contribution in [2.75, 3.05) is 19.5 Å². The number of carbonyl (C=O) groups is 1. The van der Waals surface area contributed by atoms with Gasteiger partial charge in [0.05, 0.1) is 23.1 Å². The highest BCUT2D eigenvalue weighted by Gasteiger charge is 2.22. The molecule has 0 saturated carbocycles. The van der Waals surface area contributed by atoms with Crippen LogP contribution >= 0.6 is 22.7 Å². The van der Waals surface area contributed by atoms with Gasteiger partial charge in [0, 0.05) is 30.4 Å². The quantitative estimate of drug-likeness (QED) is 0.498. The average molecular weight is 428 g/mol. The fraction of sp³-hybridized carbons (Fsp3) is 0.211. The topological polar surface area (TPSA) is 99.1 Å². The third-order valence-electron chi connectivity index (χ3n) is 4.16. The van der Waals surface area contributed by atoms with Crippen molar-refractivity contribution in [3.8, 4) is 17.1 Å². The Balaban J connectivity index is 1.64. The summed E-state index contributed by atoms with van der Waals surface area (Å²) in [6.07, 6.45) is 3.44. The van der Waals surface area contributed by atoms with E-state index in [0.29, 0.717) is 26.5 Å². The van der Waals surface area contributed by atoms with E-state index in [1.54, 1.807) is 26.6 Å². The predicted octanol–water partition coefficient (Wildman–Crippen LogP) is 3.93. The Bertz CT molecular complexity index is 1170. The minimum Gasteiger partial charge on any atom is -0.480 e. The van der Waals surface area contributed by atoms with Gasteiger partial charge in [0.1, 0.15) is 11.4 Å². The van der Waals surface area contributed by atoms with Crippen LogP contribution in [-0.4, -0.2) is 40.1 Å². The zero-order valence-corrected chi connectivity index (χ0v) is 17.6. The maximum Gasteiger partial charge on any atom is 0.267 e. The number of hydrogen-bond acceptors (Lipinski definition) is 9. The molecule has 0 fully saturated rings. The van der Waals surface area contributed by atoms with Gasteiger partial charge in [-0.3, -0.25) is 15.1 Å². The van der Waals surface area contributed by atoms with Crippen LogP contribution in [0.5, 0.6) is 5.88 Å².